The number of hydrogen-bond donors (Lipinski definition) is 2. The molecule has 2 rings (SSSR count). The molecule has 0 aliphatic carbocycles. The highest BCUT2D eigenvalue weighted by Gasteiger charge is 2.08. The summed E-state index contributed by atoms with van der Waals surface area (Å²) in [5.74, 6) is 0.232. The van der Waals surface area contributed by atoms with E-state index in [9.17, 15) is 8.78 Å². The monoisotopic (exact) mass is 337 g/mol. The second kappa shape index (κ2) is 8.62. The number of nitrogens with zero attached hydrogens (tertiary/aromatic N) is 1. The molecular weight excluding hydrogens is 316 g/mol. The summed E-state index contributed by atoms with van der Waals surface area (Å²) in [6, 6.07) is 7.66. The van der Waals surface area contributed by atoms with Gasteiger partial charge in [0.2, 0.25) is 0 Å². The Kier molecular flexibility index (Phi) is 6.52. The average molecular weight is 337 g/mol. The van der Waals surface area contributed by atoms with Crippen molar-refractivity contribution >= 4 is 17.3 Å². The summed E-state index contributed by atoms with van der Waals surface area (Å²) in [6.07, 6.45) is 0.394. The second-order valence-electron chi connectivity index (χ2n) is 5.28. The van der Waals surface area contributed by atoms with Crippen LogP contribution < -0.4 is 10.6 Å². The van der Waals surface area contributed by atoms with Crippen molar-refractivity contribution in [3.8, 4) is 0 Å². The standard InChI is InChI=1S/C17H21F2N3S/c1-12(16-4-3-9-23-16)11-22-17(20-2)21-8-7-13-10-14(18)5-6-15(13)19/h3-6,9-10,12H,7-8,11H2,1-2H3,(H2,20,21,22). The second-order valence-corrected chi connectivity index (χ2v) is 6.26. The van der Waals surface area contributed by atoms with Gasteiger partial charge in [-0.1, -0.05) is 13.0 Å². The van der Waals surface area contributed by atoms with Gasteiger partial charge in [-0.25, -0.2) is 8.78 Å². The molecule has 2 N–H and O–H groups in total. The zero-order valence-corrected chi connectivity index (χ0v) is 14.1. The van der Waals surface area contributed by atoms with E-state index in [-0.39, 0.29) is 5.82 Å². The smallest absolute Gasteiger partial charge is 0.191 e. The molecule has 0 saturated heterocycles. The summed E-state index contributed by atoms with van der Waals surface area (Å²) in [5, 5.41) is 8.43. The Morgan fingerprint density at radius 2 is 2.09 bits per heavy atom. The number of thiophene rings is 1. The molecule has 1 aromatic heterocycles. The fourth-order valence-corrected chi connectivity index (χ4v) is 2.98. The maximum absolute atomic E-state index is 13.5. The number of benzene rings is 1. The number of rotatable bonds is 6. The highest BCUT2D eigenvalue weighted by molar-refractivity contribution is 7.10. The first-order chi connectivity index (χ1) is 11.1. The molecule has 1 heterocycles. The topological polar surface area (TPSA) is 36.4 Å². The summed E-state index contributed by atoms with van der Waals surface area (Å²) in [6.45, 7) is 3.39. The van der Waals surface area contributed by atoms with E-state index in [2.05, 4.69) is 34.0 Å². The molecule has 0 aliphatic heterocycles. The first-order valence-electron chi connectivity index (χ1n) is 7.52. The number of nitrogens with one attached hydrogen (secondary N) is 2. The van der Waals surface area contributed by atoms with E-state index in [0.717, 1.165) is 18.7 Å². The van der Waals surface area contributed by atoms with Crippen molar-refractivity contribution in [3.05, 3.63) is 57.8 Å². The van der Waals surface area contributed by atoms with Crippen LogP contribution >= 0.6 is 11.3 Å². The van der Waals surface area contributed by atoms with Gasteiger partial charge in [-0.05, 0) is 41.6 Å². The summed E-state index contributed by atoms with van der Waals surface area (Å²) in [4.78, 5) is 5.46. The summed E-state index contributed by atoms with van der Waals surface area (Å²) < 4.78 is 26.7. The van der Waals surface area contributed by atoms with Gasteiger partial charge in [0.15, 0.2) is 5.96 Å². The molecule has 2 aromatic rings. The van der Waals surface area contributed by atoms with Crippen LogP contribution in [0.2, 0.25) is 0 Å². The Morgan fingerprint density at radius 1 is 1.26 bits per heavy atom. The number of hydrogen-bond acceptors (Lipinski definition) is 2. The van der Waals surface area contributed by atoms with Crippen molar-refractivity contribution in [3.63, 3.8) is 0 Å². The summed E-state index contributed by atoms with van der Waals surface area (Å²) >= 11 is 1.73. The average Bonchev–Trinajstić information content (AvgIpc) is 3.08. The maximum atomic E-state index is 13.5. The van der Waals surface area contributed by atoms with Gasteiger partial charge in [0.1, 0.15) is 11.6 Å². The third-order valence-electron chi connectivity index (χ3n) is 3.52. The highest BCUT2D eigenvalue weighted by Crippen LogP contribution is 2.19. The van der Waals surface area contributed by atoms with E-state index in [1.54, 1.807) is 18.4 Å². The summed E-state index contributed by atoms with van der Waals surface area (Å²) in [7, 11) is 1.69. The molecule has 1 aromatic carbocycles. The van der Waals surface area contributed by atoms with E-state index >= 15 is 0 Å². The van der Waals surface area contributed by atoms with Gasteiger partial charge in [0, 0.05) is 30.9 Å². The molecule has 0 fully saturated rings. The number of guanidine groups is 1. The molecule has 0 radical (unpaired) electrons. The van der Waals surface area contributed by atoms with E-state index in [4.69, 9.17) is 0 Å². The number of aliphatic imine (C=N–C) groups is 1. The maximum Gasteiger partial charge on any atom is 0.191 e. The van der Waals surface area contributed by atoms with Crippen LogP contribution in [-0.2, 0) is 6.42 Å². The fraction of sp³-hybridized carbons (Fsp3) is 0.353. The lowest BCUT2D eigenvalue weighted by molar-refractivity contribution is 0.583. The quantitative estimate of drug-likeness (QED) is 0.625. The van der Waals surface area contributed by atoms with E-state index in [1.807, 2.05) is 6.07 Å². The van der Waals surface area contributed by atoms with Crippen molar-refractivity contribution in [1.29, 1.82) is 0 Å². The van der Waals surface area contributed by atoms with Crippen LogP contribution in [0.5, 0.6) is 0 Å². The van der Waals surface area contributed by atoms with Crippen LogP contribution in [0.3, 0.4) is 0 Å². The zero-order chi connectivity index (χ0) is 16.7. The molecule has 1 unspecified atom stereocenters. The molecule has 23 heavy (non-hydrogen) atoms. The lowest BCUT2D eigenvalue weighted by Gasteiger charge is -2.15. The minimum Gasteiger partial charge on any atom is -0.356 e. The Balaban J connectivity index is 1.78. The van der Waals surface area contributed by atoms with Crippen LogP contribution in [-0.4, -0.2) is 26.1 Å². The zero-order valence-electron chi connectivity index (χ0n) is 13.3. The van der Waals surface area contributed by atoms with Gasteiger partial charge in [-0.15, -0.1) is 11.3 Å². The minimum atomic E-state index is -0.423. The first kappa shape index (κ1) is 17.4. The molecule has 124 valence electrons. The molecule has 0 bridgehead atoms. The Hall–Kier alpha value is -1.95. The van der Waals surface area contributed by atoms with Crippen LogP contribution in [0.25, 0.3) is 0 Å². The molecule has 0 saturated carbocycles. The molecule has 0 aliphatic rings. The van der Waals surface area contributed by atoms with Gasteiger partial charge in [0.25, 0.3) is 0 Å². The van der Waals surface area contributed by atoms with E-state index in [1.165, 1.54) is 10.9 Å². The van der Waals surface area contributed by atoms with Crippen LogP contribution in [0, 0.1) is 11.6 Å². The van der Waals surface area contributed by atoms with Crippen LogP contribution in [0.4, 0.5) is 8.78 Å². The van der Waals surface area contributed by atoms with Crippen molar-refractivity contribution in [2.24, 2.45) is 4.99 Å². The summed E-state index contributed by atoms with van der Waals surface area (Å²) in [5.41, 5.74) is 0.361. The molecule has 1 atom stereocenters. The van der Waals surface area contributed by atoms with Crippen LogP contribution in [0.1, 0.15) is 23.3 Å². The van der Waals surface area contributed by atoms with Crippen LogP contribution in [0.15, 0.2) is 40.7 Å². The van der Waals surface area contributed by atoms with Crippen molar-refractivity contribution in [2.45, 2.75) is 19.3 Å². The minimum absolute atomic E-state index is 0.361. The highest BCUT2D eigenvalue weighted by atomic mass is 32.1. The Bertz CT molecular complexity index is 641. The molecule has 0 spiro atoms. The molecule has 0 amide bonds. The lowest BCUT2D eigenvalue weighted by Crippen LogP contribution is -2.39. The lowest BCUT2D eigenvalue weighted by atomic mass is 10.1. The largest absolute Gasteiger partial charge is 0.356 e. The first-order valence-corrected chi connectivity index (χ1v) is 8.40. The predicted molar refractivity (Wildman–Crippen MR) is 92.2 cm³/mol. The molecule has 3 nitrogen and oxygen atoms in total. The molecule has 6 heteroatoms. The normalized spacial score (nSPS) is 13.0. The third-order valence-corrected chi connectivity index (χ3v) is 4.63. The van der Waals surface area contributed by atoms with Gasteiger partial charge in [0.05, 0.1) is 0 Å². The molecular formula is C17H21F2N3S. The predicted octanol–water partition coefficient (Wildman–Crippen LogP) is 3.54. The Labute approximate surface area is 139 Å². The van der Waals surface area contributed by atoms with Gasteiger partial charge < -0.3 is 10.6 Å². The fourth-order valence-electron chi connectivity index (χ4n) is 2.19. The number of halogens is 2. The Morgan fingerprint density at radius 3 is 2.78 bits per heavy atom. The third kappa shape index (κ3) is 5.32. The van der Waals surface area contributed by atoms with Crippen molar-refractivity contribution < 1.29 is 8.78 Å². The SMILES string of the molecule is CN=C(NCCc1cc(F)ccc1F)NCC(C)c1cccs1. The van der Waals surface area contributed by atoms with E-state index < -0.39 is 5.82 Å². The van der Waals surface area contributed by atoms with Gasteiger partial charge in [-0.2, -0.15) is 0 Å². The van der Waals surface area contributed by atoms with Crippen molar-refractivity contribution in [2.75, 3.05) is 20.1 Å². The van der Waals surface area contributed by atoms with Gasteiger partial charge in [-0.3, -0.25) is 4.99 Å². The van der Waals surface area contributed by atoms with Crippen molar-refractivity contribution in [1.82, 2.24) is 10.6 Å². The van der Waals surface area contributed by atoms with Gasteiger partial charge >= 0.3 is 0 Å². The van der Waals surface area contributed by atoms with E-state index in [0.29, 0.717) is 30.4 Å².